The fraction of sp³-hybridized carbons (Fsp3) is 0.786. The number of halogens is 6. The lowest BCUT2D eigenvalue weighted by atomic mass is 9.70. The van der Waals surface area contributed by atoms with Gasteiger partial charge < -0.3 is 9.47 Å². The SMILES string of the molecule is O=C1C[C@@H]2C=C[C@H](C1(OCC(Cl)(Cl)Cl)OCC(Cl)(Cl)Cl)C21CC1. The van der Waals surface area contributed by atoms with Crippen molar-refractivity contribution in [3.8, 4) is 0 Å². The van der Waals surface area contributed by atoms with E-state index in [4.69, 9.17) is 79.1 Å². The molecule has 3 rings (SSSR count). The van der Waals surface area contributed by atoms with Gasteiger partial charge in [0.2, 0.25) is 13.4 Å². The van der Waals surface area contributed by atoms with E-state index in [2.05, 4.69) is 6.08 Å². The van der Waals surface area contributed by atoms with E-state index >= 15 is 0 Å². The van der Waals surface area contributed by atoms with Gasteiger partial charge in [0, 0.05) is 12.3 Å². The van der Waals surface area contributed by atoms with Gasteiger partial charge in [-0.3, -0.25) is 4.79 Å². The Morgan fingerprint density at radius 3 is 1.96 bits per heavy atom. The second-order valence-corrected chi connectivity index (χ2v) is 11.3. The quantitative estimate of drug-likeness (QED) is 0.348. The van der Waals surface area contributed by atoms with Crippen LogP contribution in [-0.2, 0) is 14.3 Å². The Hall–Kier alpha value is 1.07. The molecule has 0 radical (unpaired) electrons. The molecule has 0 unspecified atom stereocenters. The molecule has 1 spiro atoms. The molecule has 2 atom stereocenters. The van der Waals surface area contributed by atoms with E-state index in [1.807, 2.05) is 6.08 Å². The van der Waals surface area contributed by atoms with Gasteiger partial charge in [-0.1, -0.05) is 81.8 Å². The summed E-state index contributed by atoms with van der Waals surface area (Å²) >= 11 is 34.7. The first kappa shape index (κ1) is 18.8. The van der Waals surface area contributed by atoms with E-state index in [1.54, 1.807) is 0 Å². The fourth-order valence-electron chi connectivity index (χ4n) is 3.74. The van der Waals surface area contributed by atoms with Gasteiger partial charge in [-0.05, 0) is 24.2 Å². The van der Waals surface area contributed by atoms with E-state index < -0.39 is 13.4 Å². The summed E-state index contributed by atoms with van der Waals surface area (Å²) in [6, 6.07) is 0. The van der Waals surface area contributed by atoms with E-state index in [1.165, 1.54) is 0 Å². The summed E-state index contributed by atoms with van der Waals surface area (Å²) in [5, 5.41) is 0. The van der Waals surface area contributed by atoms with Gasteiger partial charge in [-0.25, -0.2) is 0 Å². The van der Waals surface area contributed by atoms with Crippen molar-refractivity contribution in [2.24, 2.45) is 17.3 Å². The molecule has 0 aromatic carbocycles. The van der Waals surface area contributed by atoms with Crippen LogP contribution in [-0.4, -0.2) is 32.4 Å². The highest BCUT2D eigenvalue weighted by molar-refractivity contribution is 6.68. The van der Waals surface area contributed by atoms with E-state index in [-0.39, 0.29) is 36.2 Å². The lowest BCUT2D eigenvalue weighted by Crippen LogP contribution is -2.58. The summed E-state index contributed by atoms with van der Waals surface area (Å²) in [5.74, 6) is -1.84. The van der Waals surface area contributed by atoms with Crippen LogP contribution in [0.25, 0.3) is 0 Å². The van der Waals surface area contributed by atoms with Crippen molar-refractivity contribution in [1.82, 2.24) is 0 Å². The molecular weight excluding hydrogens is 429 g/mol. The maximum absolute atomic E-state index is 12.8. The number of hydrogen-bond donors (Lipinski definition) is 0. The molecule has 3 aliphatic rings. The predicted octanol–water partition coefficient (Wildman–Crippen LogP) is 5.01. The van der Waals surface area contributed by atoms with Crippen molar-refractivity contribution in [1.29, 1.82) is 0 Å². The minimum atomic E-state index is -1.67. The van der Waals surface area contributed by atoms with Crippen LogP contribution in [0.3, 0.4) is 0 Å². The first-order chi connectivity index (χ1) is 10.5. The maximum Gasteiger partial charge on any atom is 0.236 e. The molecule has 0 N–H and O–H groups in total. The number of Topliss-reactive ketones (excluding diaryl/α,β-unsaturated/α-hetero) is 1. The number of carbonyl (C=O) groups is 1. The Balaban J connectivity index is 1.90. The highest BCUT2D eigenvalue weighted by atomic mass is 35.6. The Labute approximate surface area is 164 Å². The van der Waals surface area contributed by atoms with Crippen molar-refractivity contribution in [3.63, 3.8) is 0 Å². The van der Waals surface area contributed by atoms with Crippen LogP contribution < -0.4 is 0 Å². The zero-order chi connectivity index (χ0) is 17.1. The van der Waals surface area contributed by atoms with Crippen molar-refractivity contribution in [3.05, 3.63) is 12.2 Å². The third kappa shape index (κ3) is 3.64. The largest absolute Gasteiger partial charge is 0.339 e. The molecule has 2 fully saturated rings. The van der Waals surface area contributed by atoms with Crippen LogP contribution in [0.5, 0.6) is 0 Å². The number of ketones is 1. The van der Waals surface area contributed by atoms with Crippen molar-refractivity contribution < 1.29 is 14.3 Å². The zero-order valence-corrected chi connectivity index (χ0v) is 16.4. The molecule has 0 aliphatic heterocycles. The summed E-state index contributed by atoms with van der Waals surface area (Å²) < 4.78 is 8.16. The van der Waals surface area contributed by atoms with E-state index in [0.717, 1.165) is 12.8 Å². The molecule has 0 aromatic rings. The van der Waals surface area contributed by atoms with Crippen LogP contribution in [0.1, 0.15) is 19.3 Å². The molecule has 23 heavy (non-hydrogen) atoms. The van der Waals surface area contributed by atoms with Gasteiger partial charge in [0.1, 0.15) is 0 Å². The van der Waals surface area contributed by atoms with Crippen LogP contribution in [0.2, 0.25) is 0 Å². The van der Waals surface area contributed by atoms with Crippen molar-refractivity contribution >= 4 is 75.4 Å². The van der Waals surface area contributed by atoms with Gasteiger partial charge in [0.15, 0.2) is 5.78 Å². The molecule has 3 aliphatic carbocycles. The molecule has 0 heterocycles. The van der Waals surface area contributed by atoms with Gasteiger partial charge in [0.05, 0.1) is 13.2 Å². The Morgan fingerprint density at radius 2 is 1.52 bits per heavy atom. The second kappa shape index (κ2) is 6.06. The highest BCUT2D eigenvalue weighted by Crippen LogP contribution is 2.68. The summed E-state index contributed by atoms with van der Waals surface area (Å²) in [6.45, 7) is -0.595. The summed E-state index contributed by atoms with van der Waals surface area (Å²) in [7, 11) is 0. The standard InChI is InChI=1S/C14H14Cl6O3/c15-12(16,17)6-22-14(23-7-13(18,19)20)9-2-1-8(5-10(14)21)11(9)3-4-11/h1-2,8-9H,3-7H2/t8-,9-/m0/s1. The van der Waals surface area contributed by atoms with E-state index in [9.17, 15) is 4.79 Å². The van der Waals surface area contributed by atoms with Gasteiger partial charge in [-0.2, -0.15) is 0 Å². The minimum Gasteiger partial charge on any atom is -0.339 e. The molecule has 0 amide bonds. The molecule has 3 nitrogen and oxygen atoms in total. The van der Waals surface area contributed by atoms with Crippen LogP contribution >= 0.6 is 69.6 Å². The molecule has 2 bridgehead atoms. The molecule has 2 saturated carbocycles. The minimum absolute atomic E-state index is 0.0187. The van der Waals surface area contributed by atoms with Gasteiger partial charge in [0.25, 0.3) is 0 Å². The summed E-state index contributed by atoms with van der Waals surface area (Å²) in [4.78, 5) is 12.8. The van der Waals surface area contributed by atoms with Crippen molar-refractivity contribution in [2.75, 3.05) is 13.2 Å². The number of hydrogen-bond acceptors (Lipinski definition) is 3. The molecular formula is C14H14Cl6O3. The lowest BCUT2D eigenvalue weighted by molar-refractivity contribution is -0.261. The van der Waals surface area contributed by atoms with Crippen LogP contribution in [0.15, 0.2) is 12.2 Å². The Bertz CT molecular complexity index is 514. The normalized spacial score (nSPS) is 31.0. The fourth-order valence-corrected chi connectivity index (χ4v) is 4.06. The smallest absolute Gasteiger partial charge is 0.236 e. The third-order valence-electron chi connectivity index (χ3n) is 4.82. The summed E-state index contributed by atoms with van der Waals surface area (Å²) in [5.41, 5.74) is -0.0187. The molecule has 9 heteroatoms. The Morgan fingerprint density at radius 1 is 1.00 bits per heavy atom. The molecule has 130 valence electrons. The predicted molar refractivity (Wildman–Crippen MR) is 92.6 cm³/mol. The zero-order valence-electron chi connectivity index (χ0n) is 11.8. The second-order valence-electron chi connectivity index (χ2n) is 6.30. The first-order valence-corrected chi connectivity index (χ1v) is 9.38. The lowest BCUT2D eigenvalue weighted by Gasteiger charge is -2.45. The summed E-state index contributed by atoms with van der Waals surface area (Å²) in [6.07, 6.45) is 6.32. The number of ether oxygens (including phenoxy) is 2. The van der Waals surface area contributed by atoms with Crippen molar-refractivity contribution in [2.45, 2.75) is 32.6 Å². The number of carbonyl (C=O) groups excluding carboxylic acids is 1. The number of alkyl halides is 6. The number of rotatable bonds is 4. The van der Waals surface area contributed by atoms with Crippen LogP contribution in [0, 0.1) is 17.3 Å². The topological polar surface area (TPSA) is 35.5 Å². The monoisotopic (exact) mass is 440 g/mol. The highest BCUT2D eigenvalue weighted by Gasteiger charge is 2.69. The van der Waals surface area contributed by atoms with Gasteiger partial charge >= 0.3 is 0 Å². The maximum atomic E-state index is 12.8. The number of allylic oxidation sites excluding steroid dienone is 1. The van der Waals surface area contributed by atoms with Crippen LogP contribution in [0.4, 0.5) is 0 Å². The average molecular weight is 443 g/mol. The first-order valence-electron chi connectivity index (χ1n) is 7.12. The average Bonchev–Trinajstić information content (AvgIpc) is 3.11. The molecule has 0 saturated heterocycles. The Kier molecular flexibility index (Phi) is 4.96. The van der Waals surface area contributed by atoms with E-state index in [0.29, 0.717) is 6.42 Å². The molecule has 0 aromatic heterocycles. The van der Waals surface area contributed by atoms with Gasteiger partial charge in [-0.15, -0.1) is 0 Å². The third-order valence-corrected chi connectivity index (χ3v) is 5.48.